The van der Waals surface area contributed by atoms with Crippen molar-refractivity contribution in [1.29, 1.82) is 0 Å². The van der Waals surface area contributed by atoms with Gasteiger partial charge in [-0.1, -0.05) is 31.0 Å². The number of alkyl halides is 2. The van der Waals surface area contributed by atoms with E-state index in [2.05, 4.69) is 0 Å². The number of carboxylic acid groups (broad SMARTS) is 1. The molecule has 92 valence electrons. The fraction of sp³-hybridized carbons (Fsp3) is 0.462. The van der Waals surface area contributed by atoms with Gasteiger partial charge in [0.05, 0.1) is 11.0 Å². The molecule has 0 amide bonds. The molecule has 17 heavy (non-hydrogen) atoms. The molecule has 1 saturated carbocycles. The number of hydrogen-bond acceptors (Lipinski definition) is 1. The fourth-order valence-electron chi connectivity index (χ4n) is 2.71. The first-order valence-corrected chi connectivity index (χ1v) is 5.69. The summed E-state index contributed by atoms with van der Waals surface area (Å²) in [5, 5.41) is 9.08. The van der Waals surface area contributed by atoms with Gasteiger partial charge in [0.25, 0.3) is 0 Å². The van der Waals surface area contributed by atoms with Crippen LogP contribution in [0.1, 0.15) is 41.6 Å². The second-order valence-corrected chi connectivity index (χ2v) is 4.51. The summed E-state index contributed by atoms with van der Waals surface area (Å²) in [5.74, 6) is -1.13. The normalized spacial score (nSPS) is 18.5. The van der Waals surface area contributed by atoms with E-state index in [1.54, 1.807) is 12.1 Å². The molecule has 0 spiro atoms. The number of aromatic carboxylic acids is 1. The Bertz CT molecular complexity index is 423. The fourth-order valence-corrected chi connectivity index (χ4v) is 2.71. The van der Waals surface area contributed by atoms with Gasteiger partial charge in [0.2, 0.25) is 6.43 Å². The molecule has 4 heteroatoms. The highest BCUT2D eigenvalue weighted by molar-refractivity contribution is 5.89. The lowest BCUT2D eigenvalue weighted by Gasteiger charge is -2.29. The van der Waals surface area contributed by atoms with Gasteiger partial charge in [-0.2, -0.15) is 0 Å². The van der Waals surface area contributed by atoms with Crippen LogP contribution in [-0.4, -0.2) is 17.5 Å². The Kier molecular flexibility index (Phi) is 3.13. The molecule has 1 aromatic rings. The number of carboxylic acids is 1. The molecule has 1 aliphatic carbocycles. The van der Waals surface area contributed by atoms with Crippen molar-refractivity contribution in [2.24, 2.45) is 0 Å². The maximum absolute atomic E-state index is 13.3. The highest BCUT2D eigenvalue weighted by atomic mass is 19.3. The number of carbonyl (C=O) groups is 1. The minimum atomic E-state index is -2.51. The minimum Gasteiger partial charge on any atom is -0.478 e. The Hall–Kier alpha value is -1.45. The SMILES string of the molecule is O=C(O)c1ccccc1C1(C(F)F)CCCC1. The van der Waals surface area contributed by atoms with Gasteiger partial charge in [0.15, 0.2) is 0 Å². The van der Waals surface area contributed by atoms with Gasteiger partial charge in [0, 0.05) is 0 Å². The summed E-state index contributed by atoms with van der Waals surface area (Å²) in [6.45, 7) is 0. The van der Waals surface area contributed by atoms with Crippen LogP contribution in [-0.2, 0) is 5.41 Å². The summed E-state index contributed by atoms with van der Waals surface area (Å²) in [6.07, 6.45) is -0.300. The molecular formula is C13H14F2O2. The maximum Gasteiger partial charge on any atom is 0.335 e. The van der Waals surface area contributed by atoms with Crippen LogP contribution in [0.15, 0.2) is 24.3 Å². The topological polar surface area (TPSA) is 37.3 Å². The van der Waals surface area contributed by atoms with Crippen LogP contribution in [0.2, 0.25) is 0 Å². The average molecular weight is 240 g/mol. The Morgan fingerprint density at radius 3 is 2.35 bits per heavy atom. The number of benzene rings is 1. The van der Waals surface area contributed by atoms with E-state index in [1.165, 1.54) is 12.1 Å². The van der Waals surface area contributed by atoms with Crippen molar-refractivity contribution in [1.82, 2.24) is 0 Å². The van der Waals surface area contributed by atoms with E-state index in [-0.39, 0.29) is 5.56 Å². The molecule has 2 nitrogen and oxygen atoms in total. The number of halogens is 2. The smallest absolute Gasteiger partial charge is 0.335 e. The average Bonchev–Trinajstić information content (AvgIpc) is 2.79. The molecule has 0 aliphatic heterocycles. The molecule has 1 fully saturated rings. The van der Waals surface area contributed by atoms with Gasteiger partial charge < -0.3 is 5.11 Å². The highest BCUT2D eigenvalue weighted by Gasteiger charge is 2.45. The van der Waals surface area contributed by atoms with Gasteiger partial charge in [-0.25, -0.2) is 13.6 Å². The molecule has 0 radical (unpaired) electrons. The van der Waals surface area contributed by atoms with E-state index in [0.29, 0.717) is 18.4 Å². The maximum atomic E-state index is 13.3. The lowest BCUT2D eigenvalue weighted by Crippen LogP contribution is -2.33. The van der Waals surface area contributed by atoms with Crippen molar-refractivity contribution in [3.8, 4) is 0 Å². The van der Waals surface area contributed by atoms with Crippen molar-refractivity contribution < 1.29 is 18.7 Å². The van der Waals surface area contributed by atoms with E-state index in [9.17, 15) is 13.6 Å². The van der Waals surface area contributed by atoms with Crippen LogP contribution >= 0.6 is 0 Å². The van der Waals surface area contributed by atoms with Crippen LogP contribution in [0.3, 0.4) is 0 Å². The monoisotopic (exact) mass is 240 g/mol. The molecule has 1 N–H and O–H groups in total. The second kappa shape index (κ2) is 4.43. The summed E-state index contributed by atoms with van der Waals surface area (Å²) in [5.41, 5.74) is -0.954. The van der Waals surface area contributed by atoms with Crippen molar-refractivity contribution in [2.45, 2.75) is 37.5 Å². The summed E-state index contributed by atoms with van der Waals surface area (Å²) in [6, 6.07) is 6.13. The van der Waals surface area contributed by atoms with E-state index in [1.807, 2.05) is 0 Å². The van der Waals surface area contributed by atoms with Gasteiger partial charge >= 0.3 is 5.97 Å². The Labute approximate surface area is 98.3 Å². The molecule has 0 bridgehead atoms. The first-order chi connectivity index (χ1) is 8.08. The summed E-state index contributed by atoms with van der Waals surface area (Å²) in [4.78, 5) is 11.1. The van der Waals surface area contributed by atoms with Crippen molar-refractivity contribution in [3.63, 3.8) is 0 Å². The van der Waals surface area contributed by atoms with E-state index < -0.39 is 17.8 Å². The van der Waals surface area contributed by atoms with Crippen LogP contribution in [0.25, 0.3) is 0 Å². The first-order valence-electron chi connectivity index (χ1n) is 5.69. The zero-order valence-electron chi connectivity index (χ0n) is 9.33. The predicted octanol–water partition coefficient (Wildman–Crippen LogP) is 3.46. The third kappa shape index (κ3) is 1.92. The zero-order chi connectivity index (χ0) is 12.5. The Morgan fingerprint density at radius 1 is 1.24 bits per heavy atom. The molecule has 0 atom stereocenters. The van der Waals surface area contributed by atoms with Crippen LogP contribution < -0.4 is 0 Å². The molecule has 1 aromatic carbocycles. The summed E-state index contributed by atoms with van der Waals surface area (Å²) >= 11 is 0. The van der Waals surface area contributed by atoms with Crippen molar-refractivity contribution in [3.05, 3.63) is 35.4 Å². The standard InChI is InChI=1S/C13H14F2O2/c14-12(15)13(7-3-4-8-13)10-6-2-1-5-9(10)11(16)17/h1-2,5-6,12H,3-4,7-8H2,(H,16,17). The van der Waals surface area contributed by atoms with Crippen LogP contribution in [0, 0.1) is 0 Å². The molecule has 0 heterocycles. The molecule has 0 saturated heterocycles. The third-order valence-corrected chi connectivity index (χ3v) is 3.61. The third-order valence-electron chi connectivity index (χ3n) is 3.61. The number of hydrogen-bond donors (Lipinski definition) is 1. The van der Waals surface area contributed by atoms with Crippen LogP contribution in [0.4, 0.5) is 8.78 Å². The molecule has 0 unspecified atom stereocenters. The highest BCUT2D eigenvalue weighted by Crippen LogP contribution is 2.46. The van der Waals surface area contributed by atoms with Gasteiger partial charge in [-0.05, 0) is 24.5 Å². The zero-order valence-corrected chi connectivity index (χ0v) is 9.33. The Morgan fingerprint density at radius 2 is 1.82 bits per heavy atom. The number of rotatable bonds is 3. The minimum absolute atomic E-state index is 0.00898. The largest absolute Gasteiger partial charge is 0.478 e. The van der Waals surface area contributed by atoms with E-state index in [4.69, 9.17) is 5.11 Å². The van der Waals surface area contributed by atoms with Crippen molar-refractivity contribution >= 4 is 5.97 Å². The quantitative estimate of drug-likeness (QED) is 0.878. The molecule has 0 aromatic heterocycles. The van der Waals surface area contributed by atoms with Crippen molar-refractivity contribution in [2.75, 3.05) is 0 Å². The second-order valence-electron chi connectivity index (χ2n) is 4.51. The summed E-state index contributed by atoms with van der Waals surface area (Å²) in [7, 11) is 0. The van der Waals surface area contributed by atoms with Crippen LogP contribution in [0.5, 0.6) is 0 Å². The van der Waals surface area contributed by atoms with Gasteiger partial charge in [-0.15, -0.1) is 0 Å². The first kappa shape index (κ1) is 12.0. The van der Waals surface area contributed by atoms with E-state index >= 15 is 0 Å². The van der Waals surface area contributed by atoms with E-state index in [0.717, 1.165) is 12.8 Å². The molecule has 2 rings (SSSR count). The van der Waals surface area contributed by atoms with Gasteiger partial charge in [-0.3, -0.25) is 0 Å². The van der Waals surface area contributed by atoms with Gasteiger partial charge in [0.1, 0.15) is 0 Å². The summed E-state index contributed by atoms with van der Waals surface area (Å²) < 4.78 is 26.7. The Balaban J connectivity index is 2.54. The lowest BCUT2D eigenvalue weighted by molar-refractivity contribution is 0.0501. The predicted molar refractivity (Wildman–Crippen MR) is 59.6 cm³/mol. The molecular weight excluding hydrogens is 226 g/mol. The lowest BCUT2D eigenvalue weighted by atomic mass is 9.77. The molecule has 1 aliphatic rings.